The lowest BCUT2D eigenvalue weighted by Gasteiger charge is -2.27. The Morgan fingerprint density at radius 1 is 0.193 bits per heavy atom. The van der Waals surface area contributed by atoms with E-state index in [1.54, 1.807) is 0 Å². The first-order valence-corrected chi connectivity index (χ1v) is 52.5. The summed E-state index contributed by atoms with van der Waals surface area (Å²) in [7, 11) is 0. The summed E-state index contributed by atoms with van der Waals surface area (Å²) in [4.78, 5) is 9.05. The standard InChI is InChI=1S/C74H58N4.C68H62N4/c1-73(2,3)61-31-19-29-57-67-63(75(51-25-15-9-16-26-51)53-37-33-49(34-38-53)47-21-11-7-12-22-47)43-41-55-59-46-66-60(45-65(59)77(69(57)61)71(55)67)56-42-44-64(68-58-30-20-32-62(74(4,5)6)70(58)78(66)72(56)68)76(52-27-17-10-18-28-52)54-39-35-50(36-40-54)48-23-13-8-14-24-48;1-41(2)43-27-31-47(32-28-43)69(45-19-13-11-14-20-45)57-37-35-49-53-39-60-54(40-59(53)71-63-51(61(57)65(49)71)23-17-25-55(63)67(5,6)7)50-36-38-58(62-52-24-18-26-56(68(8,9)10)64(52)72(60)66(50)62)70(46-21-15-12-16-22-46)48-33-29-44(30-34-48)42(3)4/h7-46H,1-6H3;11-42H,1-10H3/i19D,20D,29D,30D,31D,32D;17D,18D,23D,24D,25D,26D. The molecule has 0 fully saturated rings. The van der Waals surface area contributed by atoms with E-state index in [2.05, 4.69) is 415 Å². The van der Waals surface area contributed by atoms with Crippen LogP contribution in [0.3, 0.4) is 0 Å². The average Bonchev–Trinajstić information content (AvgIpc) is 1.50. The lowest BCUT2D eigenvalue weighted by molar-refractivity contribution is 0.594. The van der Waals surface area contributed by atoms with Crippen LogP contribution in [-0.2, 0) is 21.7 Å². The van der Waals surface area contributed by atoms with Gasteiger partial charge in [-0.25, -0.2) is 0 Å². The Labute approximate surface area is 893 Å². The topological polar surface area (TPSA) is 30.6 Å². The normalized spacial score (nSPS) is 13.8. The van der Waals surface area contributed by atoms with Gasteiger partial charge in [0.05, 0.1) is 105 Å². The molecule has 8 heteroatoms. The van der Waals surface area contributed by atoms with E-state index in [1.807, 2.05) is 84.9 Å². The van der Waals surface area contributed by atoms with Crippen LogP contribution in [-0.4, -0.2) is 17.6 Å². The van der Waals surface area contributed by atoms with Crippen LogP contribution in [0.5, 0.6) is 0 Å². The van der Waals surface area contributed by atoms with E-state index in [4.69, 9.17) is 0 Å². The molecule has 728 valence electrons. The Bertz CT molecular complexity index is 10300. The molecule has 0 unspecified atom stereocenters. The quantitative estimate of drug-likeness (QED) is 0.0965. The molecule has 8 aromatic heterocycles. The SMILES string of the molecule is [2H]c1c([2H])c(C(C)(C)C)c2c(c1[2H])c1c(N(c3ccccc3)c3ccc(-c4ccccc4)cc3)ccc3c4cc5c(cc4n2c31)c1ccc(N(c2ccccc2)c2ccc(-c3ccccc3)cc2)c2c3c([2H])c([2H])c([2H])c(C(C)(C)C)c3n5c12.[2H]c1c([2H])c(C(C)(C)C)c2c(c1[2H])c1c(N(c3ccccc3)c3ccc(C(C)C)cc3)ccc3c4cc5c(cc4n2c31)c1ccc(N(c2ccccc2)c2ccc(C(C)C)cc2)c2c3c([2H])c([2H])c([2H])c(C(C)(C)C)c3n5c12. The largest absolute Gasteiger partial charge is 0.310 e. The number of rotatable bonds is 16. The zero-order chi connectivity index (χ0) is 113. The minimum Gasteiger partial charge on any atom is -0.310 e. The van der Waals surface area contributed by atoms with Gasteiger partial charge in [-0.15, -0.1) is 0 Å². The number of para-hydroxylation sites is 8. The minimum absolute atomic E-state index is 0.0143. The first-order valence-electron chi connectivity index (χ1n) is 58.5. The van der Waals surface area contributed by atoms with Gasteiger partial charge in [-0.05, 0) is 235 Å². The van der Waals surface area contributed by atoms with E-state index in [1.165, 1.54) is 11.1 Å². The predicted molar refractivity (Wildman–Crippen MR) is 644 cm³/mol. The van der Waals surface area contributed by atoms with Gasteiger partial charge in [-0.2, -0.15) is 0 Å². The second-order valence-corrected chi connectivity index (χ2v) is 45.4. The lowest BCUT2D eigenvalue weighted by atomic mass is 9.85. The summed E-state index contributed by atoms with van der Waals surface area (Å²) in [6.45, 7) is 34.0. The minimum atomic E-state index is -0.605. The number of aromatic nitrogens is 4. The highest BCUT2D eigenvalue weighted by atomic mass is 15.2. The van der Waals surface area contributed by atoms with E-state index in [0.29, 0.717) is 55.6 Å². The van der Waals surface area contributed by atoms with Crippen LogP contribution < -0.4 is 19.6 Å². The van der Waals surface area contributed by atoms with E-state index < -0.39 is 21.7 Å². The summed E-state index contributed by atoms with van der Waals surface area (Å²) in [6.07, 6.45) is 0. The molecule has 0 aliphatic carbocycles. The monoisotopic (exact) mass is 1950 g/mol. The van der Waals surface area contributed by atoms with Crippen molar-refractivity contribution in [2.75, 3.05) is 19.6 Å². The Balaban J connectivity index is 0.000000156. The highest BCUT2D eigenvalue weighted by molar-refractivity contribution is 6.36. The molecule has 0 saturated heterocycles. The van der Waals surface area contributed by atoms with Crippen molar-refractivity contribution in [3.63, 3.8) is 0 Å². The maximum absolute atomic E-state index is 9.98. The number of hydrogen-bond acceptors (Lipinski definition) is 4. The van der Waals surface area contributed by atoms with Crippen molar-refractivity contribution in [2.24, 2.45) is 0 Å². The number of benzene rings is 20. The number of fused-ring (bicyclic) bond motifs is 24. The van der Waals surface area contributed by atoms with Crippen LogP contribution in [0.1, 0.15) is 172 Å². The fourth-order valence-corrected chi connectivity index (χ4v) is 24.3. The summed E-state index contributed by atoms with van der Waals surface area (Å²) < 4.78 is 126. The average molecular weight is 1950 g/mol. The van der Waals surface area contributed by atoms with Gasteiger partial charge in [-0.3, -0.25) is 0 Å². The van der Waals surface area contributed by atoms with Gasteiger partial charge in [0.1, 0.15) is 0 Å². The van der Waals surface area contributed by atoms with Crippen molar-refractivity contribution < 1.29 is 16.4 Å². The molecule has 0 aliphatic rings. The van der Waals surface area contributed by atoms with Crippen LogP contribution in [0.15, 0.2) is 424 Å². The van der Waals surface area contributed by atoms with Crippen LogP contribution in [0.4, 0.5) is 68.2 Å². The number of nitrogens with zero attached hydrogens (tertiary/aromatic N) is 8. The Kier molecular flexibility index (Phi) is 18.0. The molecule has 0 aliphatic heterocycles. The molecule has 28 rings (SSSR count). The molecule has 0 N–H and O–H groups in total. The molecule has 0 spiro atoms. The van der Waals surface area contributed by atoms with E-state index in [-0.39, 0.29) is 72.5 Å². The van der Waals surface area contributed by atoms with Crippen LogP contribution >= 0.6 is 0 Å². The molecule has 8 heterocycles. The van der Waals surface area contributed by atoms with E-state index in [9.17, 15) is 16.4 Å². The molecule has 0 amide bonds. The molecule has 0 bridgehead atoms. The maximum Gasteiger partial charge on any atom is 0.0641 e. The van der Waals surface area contributed by atoms with Crippen LogP contribution in [0, 0.1) is 0 Å². The highest BCUT2D eigenvalue weighted by Gasteiger charge is 2.37. The fraction of sp³-hybridized carbons (Fsp3) is 0.155. The Morgan fingerprint density at radius 3 is 0.593 bits per heavy atom. The molecule has 0 atom stereocenters. The summed E-state index contributed by atoms with van der Waals surface area (Å²) in [6, 6.07) is 123. The predicted octanol–water partition coefficient (Wildman–Crippen LogP) is 40.6. The molecular formula is C142H120N8. The smallest absolute Gasteiger partial charge is 0.0641 e. The number of hydrogen-bond donors (Lipinski definition) is 0. The van der Waals surface area contributed by atoms with Gasteiger partial charge >= 0.3 is 0 Å². The van der Waals surface area contributed by atoms with Gasteiger partial charge in [0.25, 0.3) is 0 Å². The lowest BCUT2D eigenvalue weighted by Crippen LogP contribution is -2.12. The van der Waals surface area contributed by atoms with Gasteiger partial charge in [0.2, 0.25) is 0 Å². The maximum atomic E-state index is 9.98. The zero-order valence-corrected chi connectivity index (χ0v) is 87.2. The summed E-state index contributed by atoms with van der Waals surface area (Å²) in [5.41, 5.74) is 28.7. The molecule has 150 heavy (non-hydrogen) atoms. The summed E-state index contributed by atoms with van der Waals surface area (Å²) in [5.74, 6) is 0.700. The zero-order valence-electron chi connectivity index (χ0n) is 99.2. The van der Waals surface area contributed by atoms with Gasteiger partial charge in [0.15, 0.2) is 0 Å². The van der Waals surface area contributed by atoms with Crippen LogP contribution in [0.25, 0.3) is 175 Å². The van der Waals surface area contributed by atoms with E-state index in [0.717, 1.165) is 221 Å². The molecule has 8 nitrogen and oxygen atoms in total. The van der Waals surface area contributed by atoms with Crippen molar-refractivity contribution in [1.29, 1.82) is 0 Å². The highest BCUT2D eigenvalue weighted by Crippen LogP contribution is 2.58. The van der Waals surface area contributed by atoms with Gasteiger partial charge in [-0.1, -0.05) is 390 Å². The van der Waals surface area contributed by atoms with Crippen molar-refractivity contribution in [1.82, 2.24) is 17.6 Å². The third-order valence-electron chi connectivity index (χ3n) is 31.3. The third-order valence-corrected chi connectivity index (χ3v) is 31.3. The molecule has 0 saturated carbocycles. The Hall–Kier alpha value is -17.2. The summed E-state index contributed by atoms with van der Waals surface area (Å²) >= 11 is 0. The molecular weight excluding hydrogens is 1820 g/mol. The molecule has 0 radical (unpaired) electrons. The van der Waals surface area contributed by atoms with Crippen molar-refractivity contribution in [2.45, 2.75) is 144 Å². The second-order valence-electron chi connectivity index (χ2n) is 45.4. The van der Waals surface area contributed by atoms with Crippen molar-refractivity contribution in [3.05, 3.63) is 458 Å². The number of anilines is 12. The van der Waals surface area contributed by atoms with Crippen molar-refractivity contribution >= 4 is 221 Å². The Morgan fingerprint density at radius 2 is 0.387 bits per heavy atom. The van der Waals surface area contributed by atoms with Crippen LogP contribution in [0.2, 0.25) is 0 Å². The summed E-state index contributed by atoms with van der Waals surface area (Å²) in [5, 5.41) is 13.7. The van der Waals surface area contributed by atoms with Crippen molar-refractivity contribution in [3.8, 4) is 22.3 Å². The van der Waals surface area contributed by atoms with Gasteiger partial charge in [0, 0.05) is 132 Å². The fourth-order valence-electron chi connectivity index (χ4n) is 24.3. The first kappa shape index (κ1) is 79.1. The molecule has 28 aromatic rings. The van der Waals surface area contributed by atoms with Gasteiger partial charge < -0.3 is 37.2 Å². The molecule has 20 aromatic carbocycles. The third kappa shape index (κ3) is 14.1. The second kappa shape index (κ2) is 34.2. The van der Waals surface area contributed by atoms with E-state index >= 15 is 0 Å². The first-order chi connectivity index (χ1) is 77.7.